The molecule has 0 aromatic heterocycles. The van der Waals surface area contributed by atoms with Crippen LogP contribution in [0.5, 0.6) is 0 Å². The van der Waals surface area contributed by atoms with Gasteiger partial charge in [0, 0.05) is 11.0 Å². The third kappa shape index (κ3) is 233. The zero-order valence-electron chi connectivity index (χ0n) is 2.41. The van der Waals surface area contributed by atoms with Crippen molar-refractivity contribution in [1.82, 2.24) is 0 Å². The number of rotatable bonds is 0. The molecule has 0 atom stereocenters. The maximum Gasteiger partial charge on any atom is 0 e. The van der Waals surface area contributed by atoms with Crippen molar-refractivity contribution in [3.8, 4) is 0 Å². The van der Waals surface area contributed by atoms with Crippen LogP contribution in [0, 0.1) is 0 Å². The first-order valence-corrected chi connectivity index (χ1v) is 0.500. The van der Waals surface area contributed by atoms with Gasteiger partial charge in [0.1, 0.15) is 0 Å². The van der Waals surface area contributed by atoms with Crippen molar-refractivity contribution in [3.63, 3.8) is 0 Å². The third-order valence-electron chi connectivity index (χ3n) is 0. The average molecular weight is 74.2 g/mol. The Labute approximate surface area is 30.7 Å². The summed E-state index contributed by atoms with van der Waals surface area (Å²) in [6, 6.07) is 0. The molecule has 4 heavy (non-hydrogen) atoms. The molecule has 0 aliphatic carbocycles. The maximum absolute atomic E-state index is 3.00. The summed E-state index contributed by atoms with van der Waals surface area (Å²) in [5.74, 6) is 0. The van der Waals surface area contributed by atoms with E-state index < -0.39 is 0 Å². The fraction of sp³-hybridized carbons (Fsp3) is 0. The summed E-state index contributed by atoms with van der Waals surface area (Å²) in [7, 11) is 0. The summed E-state index contributed by atoms with van der Waals surface area (Å²) in [6.07, 6.45) is 0. The molecule has 0 bridgehead atoms. The van der Waals surface area contributed by atoms with E-state index in [1.807, 2.05) is 0 Å². The van der Waals surface area contributed by atoms with Gasteiger partial charge >= 0.3 is 0 Å². The van der Waals surface area contributed by atoms with Gasteiger partial charge in [0.2, 0.25) is 0 Å². The molecule has 0 fully saturated rings. The fourth-order valence-electron chi connectivity index (χ4n) is 0. The normalized spacial score (nSPS) is 1.00. The second-order valence-corrected chi connectivity index (χ2v) is 0. The molecule has 0 aliphatic rings. The van der Waals surface area contributed by atoms with Gasteiger partial charge in [-0.25, -0.2) is 0 Å². The smallest absolute Gasteiger partial charge is 0 e. The predicted molar refractivity (Wildman–Crippen MR) is 20.6 cm³/mol. The van der Waals surface area contributed by atoms with Crippen LogP contribution in [-0.4, -0.2) is 16.4 Å². The molecule has 0 heterocycles. The molecular weight excluding hydrogens is 68.1 g/mol. The van der Waals surface area contributed by atoms with Gasteiger partial charge in [-0.1, -0.05) is 0 Å². The Bertz CT molecular complexity index is 6.00. The highest BCUT2D eigenvalue weighted by Gasteiger charge is 0.601. The van der Waals surface area contributed by atoms with E-state index in [0.29, 0.717) is 0 Å². The van der Waals surface area contributed by atoms with Crippen LogP contribution in [0.25, 0.3) is 0 Å². The highest BCUT2D eigenvalue weighted by Crippen LogP contribution is 0.862. The maximum atomic E-state index is 3.00. The fourth-order valence-corrected chi connectivity index (χ4v) is 0. The number of hydrogen-bond acceptors (Lipinski definition) is 0. The molecule has 0 aromatic rings. The van der Waals surface area contributed by atoms with Gasteiger partial charge in [0.15, 0.2) is 0 Å². The average Bonchev–Trinajstić information content (AvgIpc) is 1.00. The lowest BCUT2D eigenvalue weighted by atomic mass is 11.3. The molecule has 0 aliphatic heterocycles. The second kappa shape index (κ2) is 1550. The molecule has 2 N–H and O–H groups in total. The zero-order valence-corrected chi connectivity index (χ0v) is 3.41. The van der Waals surface area contributed by atoms with Gasteiger partial charge in [-0.3, -0.25) is 0 Å². The van der Waals surface area contributed by atoms with E-state index in [9.17, 15) is 0 Å². The van der Waals surface area contributed by atoms with E-state index >= 15 is 0 Å². The van der Waals surface area contributed by atoms with Crippen LogP contribution >= 0.6 is 0 Å². The molecule has 0 spiro atoms. The van der Waals surface area contributed by atoms with Crippen LogP contribution in [0.1, 0.15) is 0 Å². The number of hydrogen-bond donors (Lipinski definition) is 0. The molecule has 0 saturated carbocycles. The summed E-state index contributed by atoms with van der Waals surface area (Å²) in [6.45, 7) is 6.00. The summed E-state index contributed by atoms with van der Waals surface area (Å²) >= 11 is 0. The monoisotopic (exact) mass is 74.0 g/mol. The molecule has 1 nitrogen and oxygen atoms in total. The summed E-state index contributed by atoms with van der Waals surface area (Å²) < 4.78 is 0. The van der Waals surface area contributed by atoms with Gasteiger partial charge in [0.05, 0.1) is 0 Å². The predicted octanol–water partition coefficient (Wildman–Crippen LogP) is -0.403. The lowest BCUT2D eigenvalue weighted by molar-refractivity contribution is 0.824. The van der Waals surface area contributed by atoms with Crippen molar-refractivity contribution in [2.75, 3.05) is 0 Å². The molecule has 0 unspecified atom stereocenters. The van der Waals surface area contributed by atoms with Gasteiger partial charge in [-0.2, -0.15) is 0 Å². The van der Waals surface area contributed by atoms with Crippen LogP contribution in [0.4, 0.5) is 0 Å². The van der Waals surface area contributed by atoms with E-state index in [1.165, 1.54) is 0 Å². The second-order valence-electron chi connectivity index (χ2n) is 0. The van der Waals surface area contributed by atoms with Crippen molar-refractivity contribution in [3.05, 3.63) is 13.2 Å². The highest BCUT2D eigenvalue weighted by molar-refractivity contribution is 5.75. The Kier molecular flexibility index (Phi) is 15400. The zero-order chi connectivity index (χ0) is 2.00. The minimum Gasteiger partial charge on any atom is -0.412 e. The largest absolute Gasteiger partial charge is 0.412 e. The van der Waals surface area contributed by atoms with Crippen LogP contribution in [0.2, 0.25) is 0 Å². The summed E-state index contributed by atoms with van der Waals surface area (Å²) in [5.41, 5.74) is 0. The van der Waals surface area contributed by atoms with Crippen LogP contribution in [-0.2, 0) is 0 Å². The van der Waals surface area contributed by atoms with Gasteiger partial charge < -0.3 is 5.48 Å². The first-order chi connectivity index (χ1) is 1.00. The van der Waals surface area contributed by atoms with E-state index in [2.05, 4.69) is 13.2 Å². The van der Waals surface area contributed by atoms with Crippen LogP contribution in [0.15, 0.2) is 13.2 Å². The quantitative estimate of drug-likeness (QED) is 0.276. The Morgan fingerprint density at radius 2 is 1.00 bits per heavy atom. The van der Waals surface area contributed by atoms with Gasteiger partial charge in [0.25, 0.3) is 0 Å². The standard InChI is InChI=1S/C2H4.H2O.Si/c1-2;;/h1-2H2;1H2;. The Balaban J connectivity index is -0.00000000500. The van der Waals surface area contributed by atoms with Gasteiger partial charge in [-0.15, -0.1) is 13.2 Å². The SMILES string of the molecule is C=C.O.[Si]. The van der Waals surface area contributed by atoms with Crippen molar-refractivity contribution >= 4 is 11.0 Å². The first-order valence-electron chi connectivity index (χ1n) is 0.500. The van der Waals surface area contributed by atoms with Crippen molar-refractivity contribution in [2.24, 2.45) is 0 Å². The van der Waals surface area contributed by atoms with E-state index in [1.54, 1.807) is 0 Å². The molecule has 0 amide bonds. The molecule has 0 rings (SSSR count). The highest BCUT2D eigenvalue weighted by atomic mass is 28.1. The van der Waals surface area contributed by atoms with Crippen molar-refractivity contribution in [2.45, 2.75) is 0 Å². The van der Waals surface area contributed by atoms with Crippen molar-refractivity contribution < 1.29 is 5.48 Å². The van der Waals surface area contributed by atoms with Gasteiger partial charge in [-0.05, 0) is 0 Å². The molecule has 24 valence electrons. The Hall–Kier alpha value is -0.0831. The topological polar surface area (TPSA) is 31.5 Å². The van der Waals surface area contributed by atoms with E-state index in [4.69, 9.17) is 0 Å². The minimum atomic E-state index is 0. The Morgan fingerprint density at radius 1 is 1.00 bits per heavy atom. The lowest BCUT2D eigenvalue weighted by Gasteiger charge is -0.813. The minimum absolute atomic E-state index is 0. The summed E-state index contributed by atoms with van der Waals surface area (Å²) in [5, 5.41) is 0. The molecule has 0 aromatic carbocycles. The van der Waals surface area contributed by atoms with E-state index in [-0.39, 0.29) is 16.4 Å². The molecule has 0 saturated heterocycles. The Morgan fingerprint density at radius 3 is 1.00 bits per heavy atom. The van der Waals surface area contributed by atoms with E-state index in [0.717, 1.165) is 0 Å². The first kappa shape index (κ1) is 39.6. The molecular formula is C2H6OSi. The lowest BCUT2D eigenvalue weighted by Crippen LogP contribution is -0.552. The van der Waals surface area contributed by atoms with Crippen LogP contribution < -0.4 is 0 Å². The van der Waals surface area contributed by atoms with Crippen LogP contribution in [0.3, 0.4) is 0 Å². The molecule has 4 radical (unpaired) electrons. The summed E-state index contributed by atoms with van der Waals surface area (Å²) in [4.78, 5) is 0. The van der Waals surface area contributed by atoms with Crippen molar-refractivity contribution in [1.29, 1.82) is 0 Å². The third-order valence-corrected chi connectivity index (χ3v) is 0. The molecule has 2 heteroatoms.